The van der Waals surface area contributed by atoms with Gasteiger partial charge in [0.2, 0.25) is 5.91 Å². The van der Waals surface area contributed by atoms with Gasteiger partial charge in [0.15, 0.2) is 0 Å². The summed E-state index contributed by atoms with van der Waals surface area (Å²) in [6.07, 6.45) is 0.157. The molecule has 3 N–H and O–H groups in total. The minimum atomic E-state index is -0.385. The van der Waals surface area contributed by atoms with Gasteiger partial charge in [0.05, 0.1) is 18.7 Å². The number of anilines is 2. The Balaban J connectivity index is 1.85. The number of amides is 1. The molecule has 0 bridgehead atoms. The van der Waals surface area contributed by atoms with Crippen LogP contribution in [0.3, 0.4) is 0 Å². The second-order valence-corrected chi connectivity index (χ2v) is 4.64. The summed E-state index contributed by atoms with van der Waals surface area (Å²) < 4.78 is 18.6. The maximum Gasteiger partial charge on any atom is 0.227 e. The van der Waals surface area contributed by atoms with Gasteiger partial charge in [-0.3, -0.25) is 4.79 Å². The number of hydrogen-bond acceptors (Lipinski definition) is 3. The number of benzene rings is 2. The quantitative estimate of drug-likeness (QED) is 0.831. The minimum absolute atomic E-state index is 0.157. The van der Waals surface area contributed by atoms with E-state index in [4.69, 9.17) is 10.5 Å². The molecule has 0 saturated carbocycles. The van der Waals surface area contributed by atoms with Crippen molar-refractivity contribution in [2.24, 2.45) is 0 Å². The monoisotopic (exact) mass is 288 g/mol. The Morgan fingerprint density at radius 2 is 2.05 bits per heavy atom. The first-order valence-corrected chi connectivity index (χ1v) is 6.59. The van der Waals surface area contributed by atoms with Crippen molar-refractivity contribution >= 4 is 17.3 Å². The summed E-state index contributed by atoms with van der Waals surface area (Å²) in [5.74, 6) is -0.0744. The molecule has 110 valence electrons. The molecule has 0 fully saturated rings. The highest BCUT2D eigenvalue weighted by atomic mass is 19.1. The van der Waals surface area contributed by atoms with Crippen LogP contribution in [0, 0.1) is 12.7 Å². The van der Waals surface area contributed by atoms with E-state index >= 15 is 0 Å². The van der Waals surface area contributed by atoms with Gasteiger partial charge in [0.1, 0.15) is 11.6 Å². The molecule has 0 saturated heterocycles. The molecule has 2 aromatic rings. The second-order valence-electron chi connectivity index (χ2n) is 4.64. The van der Waals surface area contributed by atoms with E-state index in [0.29, 0.717) is 17.1 Å². The van der Waals surface area contributed by atoms with Crippen molar-refractivity contribution in [3.8, 4) is 5.75 Å². The zero-order chi connectivity index (χ0) is 15.2. The molecule has 0 unspecified atom stereocenters. The Kier molecular flexibility index (Phi) is 4.77. The van der Waals surface area contributed by atoms with E-state index in [2.05, 4.69) is 5.32 Å². The van der Waals surface area contributed by atoms with Crippen LogP contribution in [0.5, 0.6) is 5.75 Å². The molecule has 0 aromatic heterocycles. The highest BCUT2D eigenvalue weighted by Crippen LogP contribution is 2.20. The van der Waals surface area contributed by atoms with Crippen LogP contribution in [0.4, 0.5) is 15.8 Å². The summed E-state index contributed by atoms with van der Waals surface area (Å²) >= 11 is 0. The number of nitrogens with two attached hydrogens (primary N) is 1. The van der Waals surface area contributed by atoms with Gasteiger partial charge in [-0.25, -0.2) is 4.39 Å². The van der Waals surface area contributed by atoms with E-state index in [1.807, 2.05) is 12.1 Å². The topological polar surface area (TPSA) is 64.3 Å². The van der Waals surface area contributed by atoms with Gasteiger partial charge in [0, 0.05) is 5.69 Å². The number of rotatable bonds is 5. The maximum atomic E-state index is 13.1. The fourth-order valence-corrected chi connectivity index (χ4v) is 1.81. The smallest absolute Gasteiger partial charge is 0.227 e. The van der Waals surface area contributed by atoms with Crippen molar-refractivity contribution < 1.29 is 13.9 Å². The van der Waals surface area contributed by atoms with Gasteiger partial charge in [0.25, 0.3) is 0 Å². The minimum Gasteiger partial charge on any atom is -0.491 e. The highest BCUT2D eigenvalue weighted by molar-refractivity contribution is 5.91. The van der Waals surface area contributed by atoms with Gasteiger partial charge in [-0.2, -0.15) is 0 Å². The van der Waals surface area contributed by atoms with Crippen molar-refractivity contribution in [2.75, 3.05) is 17.7 Å². The van der Waals surface area contributed by atoms with E-state index in [1.165, 1.54) is 12.1 Å². The molecule has 21 heavy (non-hydrogen) atoms. The van der Waals surface area contributed by atoms with Crippen molar-refractivity contribution in [3.05, 3.63) is 53.8 Å². The van der Waals surface area contributed by atoms with Crippen molar-refractivity contribution in [2.45, 2.75) is 13.3 Å². The van der Waals surface area contributed by atoms with Crippen LogP contribution in [0.1, 0.15) is 12.0 Å². The van der Waals surface area contributed by atoms with Crippen LogP contribution in [0.2, 0.25) is 0 Å². The molecular formula is C16H17FN2O2. The van der Waals surface area contributed by atoms with E-state index < -0.39 is 0 Å². The molecule has 0 radical (unpaired) electrons. The lowest BCUT2D eigenvalue weighted by molar-refractivity contribution is -0.116. The van der Waals surface area contributed by atoms with Crippen molar-refractivity contribution in [1.29, 1.82) is 0 Å². The Morgan fingerprint density at radius 1 is 1.29 bits per heavy atom. The van der Waals surface area contributed by atoms with Crippen LogP contribution in [-0.2, 0) is 4.79 Å². The van der Waals surface area contributed by atoms with E-state index in [9.17, 15) is 9.18 Å². The number of hydrogen-bond donors (Lipinski definition) is 2. The SMILES string of the molecule is Cc1ccc(F)cc1NC(=O)CCOc1ccccc1N. The van der Waals surface area contributed by atoms with Crippen LogP contribution < -0.4 is 15.8 Å². The zero-order valence-corrected chi connectivity index (χ0v) is 11.7. The fourth-order valence-electron chi connectivity index (χ4n) is 1.81. The number of carbonyl (C=O) groups is 1. The number of ether oxygens (including phenoxy) is 1. The maximum absolute atomic E-state index is 13.1. The Hall–Kier alpha value is -2.56. The Bertz CT molecular complexity index is 644. The molecule has 0 aliphatic carbocycles. The van der Waals surface area contributed by atoms with Crippen LogP contribution >= 0.6 is 0 Å². The Labute approximate surface area is 122 Å². The largest absolute Gasteiger partial charge is 0.491 e. The predicted octanol–water partition coefficient (Wildman–Crippen LogP) is 3.12. The molecule has 1 amide bonds. The van der Waals surface area contributed by atoms with Crippen molar-refractivity contribution in [3.63, 3.8) is 0 Å². The average Bonchev–Trinajstić information content (AvgIpc) is 2.45. The average molecular weight is 288 g/mol. The van der Waals surface area contributed by atoms with E-state index in [0.717, 1.165) is 5.56 Å². The first-order chi connectivity index (χ1) is 10.1. The van der Waals surface area contributed by atoms with Gasteiger partial charge in [-0.15, -0.1) is 0 Å². The molecule has 2 aromatic carbocycles. The van der Waals surface area contributed by atoms with Crippen molar-refractivity contribution in [1.82, 2.24) is 0 Å². The molecule has 5 heteroatoms. The molecule has 0 atom stereocenters. The van der Waals surface area contributed by atoms with Gasteiger partial charge in [-0.05, 0) is 36.8 Å². The third-order valence-corrected chi connectivity index (χ3v) is 2.98. The summed E-state index contributed by atoms with van der Waals surface area (Å²) in [5.41, 5.74) is 7.53. The van der Waals surface area contributed by atoms with E-state index in [-0.39, 0.29) is 24.8 Å². The lowest BCUT2D eigenvalue weighted by Crippen LogP contribution is -2.16. The second kappa shape index (κ2) is 6.74. The summed E-state index contributed by atoms with van der Waals surface area (Å²) in [6.45, 7) is 2.00. The lowest BCUT2D eigenvalue weighted by atomic mass is 10.2. The number of aryl methyl sites for hydroxylation is 1. The predicted molar refractivity (Wildman–Crippen MR) is 80.7 cm³/mol. The molecular weight excluding hydrogens is 271 g/mol. The standard InChI is InChI=1S/C16H17FN2O2/c1-11-6-7-12(17)10-14(11)19-16(20)8-9-21-15-5-3-2-4-13(15)18/h2-7,10H,8-9,18H2,1H3,(H,19,20). The molecule has 0 aliphatic heterocycles. The fraction of sp³-hybridized carbons (Fsp3) is 0.188. The summed E-state index contributed by atoms with van der Waals surface area (Å²) in [4.78, 5) is 11.8. The molecule has 0 spiro atoms. The van der Waals surface area contributed by atoms with Crippen LogP contribution in [-0.4, -0.2) is 12.5 Å². The van der Waals surface area contributed by atoms with Gasteiger partial charge >= 0.3 is 0 Å². The molecule has 0 heterocycles. The molecule has 2 rings (SSSR count). The number of para-hydroxylation sites is 2. The molecule has 4 nitrogen and oxygen atoms in total. The van der Waals surface area contributed by atoms with Crippen LogP contribution in [0.25, 0.3) is 0 Å². The first-order valence-electron chi connectivity index (χ1n) is 6.59. The zero-order valence-electron chi connectivity index (χ0n) is 11.7. The number of halogens is 1. The third kappa shape index (κ3) is 4.21. The number of carbonyl (C=O) groups excluding carboxylic acids is 1. The lowest BCUT2D eigenvalue weighted by Gasteiger charge is -2.10. The highest BCUT2D eigenvalue weighted by Gasteiger charge is 2.07. The number of nitrogen functional groups attached to an aromatic ring is 1. The van der Waals surface area contributed by atoms with Crippen LogP contribution in [0.15, 0.2) is 42.5 Å². The summed E-state index contributed by atoms with van der Waals surface area (Å²) in [7, 11) is 0. The normalized spacial score (nSPS) is 10.2. The first kappa shape index (κ1) is 14.8. The Morgan fingerprint density at radius 3 is 2.81 bits per heavy atom. The van der Waals surface area contributed by atoms with Gasteiger partial charge < -0.3 is 15.8 Å². The third-order valence-electron chi connectivity index (χ3n) is 2.98. The molecule has 0 aliphatic rings. The van der Waals surface area contributed by atoms with Gasteiger partial charge in [-0.1, -0.05) is 18.2 Å². The number of nitrogens with one attached hydrogen (secondary N) is 1. The van der Waals surface area contributed by atoms with E-state index in [1.54, 1.807) is 25.1 Å². The summed E-state index contributed by atoms with van der Waals surface area (Å²) in [6, 6.07) is 11.3. The summed E-state index contributed by atoms with van der Waals surface area (Å²) in [5, 5.41) is 2.66.